The van der Waals surface area contributed by atoms with Crippen LogP contribution in [-0.4, -0.2) is 26.5 Å². The lowest BCUT2D eigenvalue weighted by Crippen LogP contribution is -2.34. The van der Waals surface area contributed by atoms with Gasteiger partial charge in [0.15, 0.2) is 0 Å². The summed E-state index contributed by atoms with van der Waals surface area (Å²) in [4.78, 5) is 6.65. The first kappa shape index (κ1) is 20.0. The van der Waals surface area contributed by atoms with Crippen LogP contribution in [0.3, 0.4) is 0 Å². The lowest BCUT2D eigenvalue weighted by atomic mass is 9.95. The third kappa shape index (κ3) is 4.05. The van der Waals surface area contributed by atoms with Gasteiger partial charge in [0.25, 0.3) is 0 Å². The molecule has 7 heteroatoms. The van der Waals surface area contributed by atoms with Gasteiger partial charge in [0.05, 0.1) is 4.90 Å². The Morgan fingerprint density at radius 3 is 2.34 bits per heavy atom. The number of nitrogens with zero attached hydrogens (tertiary/aromatic N) is 2. The first-order valence-corrected chi connectivity index (χ1v) is 11.7. The Labute approximate surface area is 176 Å². The Morgan fingerprint density at radius 1 is 1.07 bits per heavy atom. The number of hydrogen-bond acceptors (Lipinski definition) is 5. The molecule has 0 unspecified atom stereocenters. The number of oxazole rings is 1. The molecular weight excluding hydrogens is 408 g/mol. The molecule has 0 spiro atoms. The van der Waals surface area contributed by atoms with E-state index in [2.05, 4.69) is 11.9 Å². The zero-order valence-corrected chi connectivity index (χ0v) is 17.8. The number of piperidine rings is 1. The first-order valence-electron chi connectivity index (χ1n) is 9.81. The van der Waals surface area contributed by atoms with Crippen LogP contribution in [-0.2, 0) is 9.84 Å². The van der Waals surface area contributed by atoms with Crippen LogP contribution in [0.5, 0.6) is 0 Å². The summed E-state index contributed by atoms with van der Waals surface area (Å²) >= 11 is 5.98. The number of rotatable bonds is 5. The SMILES string of the molecule is CCC1CCN(c2oc(-c3ccc(Cl)cc3)nc2S(=O)(=O)c2ccccc2)CC1. The Balaban J connectivity index is 1.79. The van der Waals surface area contributed by atoms with Crippen molar-refractivity contribution in [3.05, 3.63) is 59.6 Å². The number of hydrogen-bond donors (Lipinski definition) is 0. The average Bonchev–Trinajstić information content (AvgIpc) is 3.21. The topological polar surface area (TPSA) is 63.4 Å². The highest BCUT2D eigenvalue weighted by atomic mass is 35.5. The van der Waals surface area contributed by atoms with Gasteiger partial charge in [-0.15, -0.1) is 0 Å². The van der Waals surface area contributed by atoms with Gasteiger partial charge < -0.3 is 9.32 Å². The van der Waals surface area contributed by atoms with Crippen LogP contribution in [0.1, 0.15) is 26.2 Å². The maximum atomic E-state index is 13.3. The minimum absolute atomic E-state index is 0.0244. The smallest absolute Gasteiger partial charge is 0.236 e. The molecule has 1 fully saturated rings. The number of aromatic nitrogens is 1. The molecule has 1 aliphatic heterocycles. The average molecular weight is 431 g/mol. The van der Waals surface area contributed by atoms with Gasteiger partial charge in [-0.3, -0.25) is 0 Å². The molecule has 0 aliphatic carbocycles. The van der Waals surface area contributed by atoms with E-state index in [9.17, 15) is 8.42 Å². The van der Waals surface area contributed by atoms with Crippen LogP contribution < -0.4 is 4.90 Å². The molecule has 2 aromatic carbocycles. The van der Waals surface area contributed by atoms with E-state index in [0.29, 0.717) is 22.4 Å². The summed E-state index contributed by atoms with van der Waals surface area (Å²) in [5.74, 6) is 1.27. The van der Waals surface area contributed by atoms with E-state index >= 15 is 0 Å². The van der Waals surface area contributed by atoms with Gasteiger partial charge in [0.2, 0.25) is 26.6 Å². The Kier molecular flexibility index (Phi) is 5.65. The Bertz CT molecular complexity index is 1070. The van der Waals surface area contributed by atoms with Crippen molar-refractivity contribution in [1.82, 2.24) is 4.98 Å². The molecule has 1 saturated heterocycles. The van der Waals surface area contributed by atoms with Gasteiger partial charge in [-0.25, -0.2) is 8.42 Å². The second-order valence-corrected chi connectivity index (χ2v) is 9.59. The van der Waals surface area contributed by atoms with Crippen LogP contribution in [0.4, 0.5) is 5.88 Å². The zero-order chi connectivity index (χ0) is 20.4. The molecule has 29 heavy (non-hydrogen) atoms. The molecule has 1 aromatic heterocycles. The number of sulfone groups is 1. The fourth-order valence-corrected chi connectivity index (χ4v) is 5.11. The molecule has 3 aromatic rings. The van der Waals surface area contributed by atoms with Gasteiger partial charge in [-0.05, 0) is 55.2 Å². The fourth-order valence-electron chi connectivity index (χ4n) is 3.64. The van der Waals surface area contributed by atoms with Crippen LogP contribution in [0.15, 0.2) is 68.9 Å². The van der Waals surface area contributed by atoms with Gasteiger partial charge >= 0.3 is 0 Å². The van der Waals surface area contributed by atoms with Crippen molar-refractivity contribution < 1.29 is 12.8 Å². The molecule has 0 atom stereocenters. The summed E-state index contributed by atoms with van der Waals surface area (Å²) in [7, 11) is -3.81. The van der Waals surface area contributed by atoms with E-state index in [4.69, 9.17) is 16.0 Å². The van der Waals surface area contributed by atoms with Gasteiger partial charge in [-0.2, -0.15) is 4.98 Å². The minimum Gasteiger partial charge on any atom is -0.419 e. The van der Waals surface area contributed by atoms with E-state index in [1.165, 1.54) is 0 Å². The van der Waals surface area contributed by atoms with Crippen LogP contribution in [0.2, 0.25) is 5.02 Å². The summed E-state index contributed by atoms with van der Waals surface area (Å²) in [5.41, 5.74) is 0.689. The van der Waals surface area contributed by atoms with Gasteiger partial charge in [0, 0.05) is 23.7 Å². The van der Waals surface area contributed by atoms with E-state index < -0.39 is 9.84 Å². The Hall–Kier alpha value is -2.31. The summed E-state index contributed by atoms with van der Waals surface area (Å²) in [5, 5.41) is 0.572. The molecule has 2 heterocycles. The van der Waals surface area contributed by atoms with E-state index in [-0.39, 0.29) is 15.8 Å². The van der Waals surface area contributed by atoms with Crippen molar-refractivity contribution in [1.29, 1.82) is 0 Å². The van der Waals surface area contributed by atoms with Crippen molar-refractivity contribution in [2.75, 3.05) is 18.0 Å². The molecule has 0 amide bonds. The lowest BCUT2D eigenvalue weighted by Gasteiger charge is -2.31. The monoisotopic (exact) mass is 430 g/mol. The predicted octanol–water partition coefficient (Wildman–Crippen LogP) is 5.45. The Morgan fingerprint density at radius 2 is 1.72 bits per heavy atom. The molecule has 4 rings (SSSR count). The molecule has 0 radical (unpaired) electrons. The highest BCUT2D eigenvalue weighted by molar-refractivity contribution is 7.91. The molecule has 0 N–H and O–H groups in total. The van der Waals surface area contributed by atoms with Crippen molar-refractivity contribution >= 4 is 27.3 Å². The van der Waals surface area contributed by atoms with E-state index in [1.807, 2.05) is 4.90 Å². The number of benzene rings is 2. The number of halogens is 1. The van der Waals surface area contributed by atoms with Gasteiger partial charge in [0.1, 0.15) is 0 Å². The third-order valence-electron chi connectivity index (χ3n) is 5.46. The molecule has 5 nitrogen and oxygen atoms in total. The molecule has 152 valence electrons. The van der Waals surface area contributed by atoms with Crippen LogP contribution in [0, 0.1) is 5.92 Å². The summed E-state index contributed by atoms with van der Waals surface area (Å²) < 4.78 is 32.7. The summed E-state index contributed by atoms with van der Waals surface area (Å²) in [6, 6.07) is 15.4. The highest BCUT2D eigenvalue weighted by Crippen LogP contribution is 2.36. The summed E-state index contributed by atoms with van der Waals surface area (Å²) in [6.45, 7) is 3.70. The minimum atomic E-state index is -3.81. The maximum Gasteiger partial charge on any atom is 0.236 e. The standard InChI is InChI=1S/C22H23ClN2O3S/c1-2-16-12-14-25(15-13-16)22-21(29(26,27)19-6-4-3-5-7-19)24-20(28-22)17-8-10-18(23)11-9-17/h3-11,16H,2,12-15H2,1H3. The van der Waals surface area contributed by atoms with Crippen LogP contribution in [0.25, 0.3) is 11.5 Å². The quantitative estimate of drug-likeness (QED) is 0.538. The fraction of sp³-hybridized carbons (Fsp3) is 0.318. The maximum absolute atomic E-state index is 13.3. The van der Waals surface area contributed by atoms with Crippen LogP contribution >= 0.6 is 11.6 Å². The normalized spacial score (nSPS) is 15.6. The van der Waals surface area contributed by atoms with E-state index in [1.54, 1.807) is 54.6 Å². The second-order valence-electron chi connectivity index (χ2n) is 7.29. The third-order valence-corrected chi connectivity index (χ3v) is 7.38. The van der Waals surface area contributed by atoms with Gasteiger partial charge in [-0.1, -0.05) is 43.1 Å². The molecule has 0 bridgehead atoms. The largest absolute Gasteiger partial charge is 0.419 e. The highest BCUT2D eigenvalue weighted by Gasteiger charge is 2.32. The second kappa shape index (κ2) is 8.20. The zero-order valence-electron chi connectivity index (χ0n) is 16.2. The first-order chi connectivity index (χ1) is 14.0. The van der Waals surface area contributed by atoms with Crippen molar-refractivity contribution in [2.24, 2.45) is 5.92 Å². The summed E-state index contributed by atoms with van der Waals surface area (Å²) in [6.07, 6.45) is 3.16. The lowest BCUT2D eigenvalue weighted by molar-refractivity contribution is 0.380. The van der Waals surface area contributed by atoms with Crippen molar-refractivity contribution in [3.8, 4) is 11.5 Å². The molecular formula is C22H23ClN2O3S. The predicted molar refractivity (Wildman–Crippen MR) is 114 cm³/mol. The molecule has 0 saturated carbocycles. The van der Waals surface area contributed by atoms with Crippen molar-refractivity contribution in [3.63, 3.8) is 0 Å². The van der Waals surface area contributed by atoms with E-state index in [0.717, 1.165) is 32.4 Å². The molecule has 1 aliphatic rings. The van der Waals surface area contributed by atoms with Crippen molar-refractivity contribution in [2.45, 2.75) is 36.1 Å². The number of anilines is 1.